The highest BCUT2D eigenvalue weighted by molar-refractivity contribution is 7.84. The van der Waals surface area contributed by atoms with E-state index in [0.717, 1.165) is 11.1 Å². The van der Waals surface area contributed by atoms with Crippen LogP contribution in [0, 0.1) is 6.92 Å². The summed E-state index contributed by atoms with van der Waals surface area (Å²) in [5, 5.41) is 9.16. The Hall–Kier alpha value is -1.46. The summed E-state index contributed by atoms with van der Waals surface area (Å²) in [6.07, 6.45) is 3.22. The van der Waals surface area contributed by atoms with Gasteiger partial charge in [-0.15, -0.1) is 0 Å². The summed E-state index contributed by atoms with van der Waals surface area (Å²) in [4.78, 5) is 11.2. The average molecular weight is 295 g/mol. The predicted molar refractivity (Wildman–Crippen MR) is 82.7 cm³/mol. The second-order valence-electron chi connectivity index (χ2n) is 5.58. The molecule has 1 unspecified atom stereocenters. The zero-order valence-electron chi connectivity index (χ0n) is 12.2. The van der Waals surface area contributed by atoms with Crippen molar-refractivity contribution in [2.45, 2.75) is 38.5 Å². The van der Waals surface area contributed by atoms with Crippen LogP contribution in [0.4, 0.5) is 0 Å². The molecule has 5 heteroatoms. The molecule has 1 aromatic rings. The molecule has 0 amide bonds. The second kappa shape index (κ2) is 6.81. The van der Waals surface area contributed by atoms with Crippen molar-refractivity contribution < 1.29 is 14.1 Å². The zero-order chi connectivity index (χ0) is 15.3. The number of benzene rings is 1. The number of aryl methyl sites for hydroxylation is 1. The predicted octanol–water partition coefficient (Wildman–Crippen LogP) is 2.51. The molecule has 4 nitrogen and oxygen atoms in total. The summed E-state index contributed by atoms with van der Waals surface area (Å²) in [5.41, 5.74) is 2.05. The van der Waals surface area contributed by atoms with Gasteiger partial charge < -0.3 is 5.11 Å². The summed E-state index contributed by atoms with van der Waals surface area (Å²) in [6.45, 7) is 7.36. The van der Waals surface area contributed by atoms with Crippen LogP contribution >= 0.6 is 0 Å². The van der Waals surface area contributed by atoms with Gasteiger partial charge in [-0.25, -0.2) is 8.93 Å². The van der Waals surface area contributed by atoms with Crippen LogP contribution in [0.25, 0.3) is 6.08 Å². The fourth-order valence-electron chi connectivity index (χ4n) is 1.35. The Morgan fingerprint density at radius 1 is 1.30 bits per heavy atom. The molecule has 0 spiro atoms. The van der Waals surface area contributed by atoms with Gasteiger partial charge in [0.1, 0.15) is 6.04 Å². The molecule has 0 fully saturated rings. The lowest BCUT2D eigenvalue weighted by molar-refractivity contribution is -0.137. The van der Waals surface area contributed by atoms with Gasteiger partial charge in [0, 0.05) is 0 Å². The molecule has 0 aliphatic rings. The van der Waals surface area contributed by atoms with Crippen LogP contribution in [-0.4, -0.2) is 26.1 Å². The first-order valence-electron chi connectivity index (χ1n) is 6.36. The van der Waals surface area contributed by atoms with Crippen molar-refractivity contribution >= 4 is 23.0 Å². The van der Waals surface area contributed by atoms with Crippen LogP contribution in [0.3, 0.4) is 0 Å². The highest BCUT2D eigenvalue weighted by atomic mass is 32.2. The van der Waals surface area contributed by atoms with Gasteiger partial charge in [-0.2, -0.15) is 0 Å². The van der Waals surface area contributed by atoms with Crippen LogP contribution in [0.5, 0.6) is 0 Å². The zero-order valence-corrected chi connectivity index (χ0v) is 13.0. The van der Waals surface area contributed by atoms with Crippen molar-refractivity contribution in [2.75, 3.05) is 0 Å². The van der Waals surface area contributed by atoms with Gasteiger partial charge in [0.05, 0.1) is 15.7 Å². The smallest absolute Gasteiger partial charge is 0.325 e. The van der Waals surface area contributed by atoms with Crippen molar-refractivity contribution in [1.29, 1.82) is 0 Å². The summed E-state index contributed by atoms with van der Waals surface area (Å²) in [7, 11) is -1.43. The van der Waals surface area contributed by atoms with E-state index >= 15 is 0 Å². The van der Waals surface area contributed by atoms with Gasteiger partial charge in [-0.05, 0) is 33.3 Å². The van der Waals surface area contributed by atoms with Crippen molar-refractivity contribution in [2.24, 2.45) is 0 Å². The second-order valence-corrected chi connectivity index (χ2v) is 7.58. The fraction of sp³-hybridized carbons (Fsp3) is 0.400. The summed E-state index contributed by atoms with van der Waals surface area (Å²) in [5.74, 6) is -1.05. The van der Waals surface area contributed by atoms with Crippen LogP contribution in [-0.2, 0) is 15.8 Å². The van der Waals surface area contributed by atoms with E-state index in [2.05, 4.69) is 4.72 Å². The maximum Gasteiger partial charge on any atom is 0.325 e. The standard InChI is InChI=1S/C15H21NO3S/c1-11-5-7-12(8-6-11)9-10-13(14(17)18)16-20(19)15(2,3)4/h5-10,13,16H,1-4H3,(H,17,18)/b10-9+/t13-,20?/m0/s1. The molecule has 20 heavy (non-hydrogen) atoms. The van der Waals surface area contributed by atoms with Gasteiger partial charge in [-0.3, -0.25) is 4.79 Å². The normalized spacial score (nSPS) is 15.2. The Bertz CT molecular complexity index is 515. The summed E-state index contributed by atoms with van der Waals surface area (Å²) >= 11 is 0. The van der Waals surface area contributed by atoms with E-state index in [1.54, 1.807) is 26.8 Å². The molecule has 1 rings (SSSR count). The highest BCUT2D eigenvalue weighted by Crippen LogP contribution is 2.11. The minimum atomic E-state index is -1.43. The molecule has 110 valence electrons. The number of carboxylic acid groups (broad SMARTS) is 1. The minimum Gasteiger partial charge on any atom is -0.480 e. The topological polar surface area (TPSA) is 66.4 Å². The first kappa shape index (κ1) is 16.6. The van der Waals surface area contributed by atoms with E-state index in [-0.39, 0.29) is 0 Å². The number of aliphatic carboxylic acids is 1. The monoisotopic (exact) mass is 295 g/mol. The van der Waals surface area contributed by atoms with Gasteiger partial charge in [-0.1, -0.05) is 42.0 Å². The van der Waals surface area contributed by atoms with E-state index < -0.39 is 27.7 Å². The quantitative estimate of drug-likeness (QED) is 0.877. The summed E-state index contributed by atoms with van der Waals surface area (Å²) < 4.78 is 14.1. The van der Waals surface area contributed by atoms with Gasteiger partial charge in [0.15, 0.2) is 0 Å². The lowest BCUT2D eigenvalue weighted by Crippen LogP contribution is -2.42. The molecule has 2 atom stereocenters. The SMILES string of the molecule is Cc1ccc(/C=C/[C@H](NS(=O)C(C)(C)C)C(=O)O)cc1. The van der Waals surface area contributed by atoms with E-state index in [1.165, 1.54) is 6.08 Å². The van der Waals surface area contributed by atoms with Crippen molar-refractivity contribution in [1.82, 2.24) is 4.72 Å². The first-order chi connectivity index (χ1) is 9.20. The van der Waals surface area contributed by atoms with E-state index in [0.29, 0.717) is 0 Å². The molecule has 1 aromatic carbocycles. The Labute approximate surface area is 122 Å². The maximum absolute atomic E-state index is 11.9. The molecule has 0 saturated heterocycles. The Balaban J connectivity index is 2.80. The fourth-order valence-corrected chi connectivity index (χ4v) is 2.11. The minimum absolute atomic E-state index is 0.509. The number of nitrogens with one attached hydrogen (secondary N) is 1. The molecule has 0 saturated carbocycles. The number of carboxylic acids is 1. The third-order valence-corrected chi connectivity index (χ3v) is 4.20. The molecule has 0 aliphatic carbocycles. The average Bonchev–Trinajstić information content (AvgIpc) is 2.34. The highest BCUT2D eigenvalue weighted by Gasteiger charge is 2.24. The Kier molecular flexibility index (Phi) is 5.65. The summed E-state index contributed by atoms with van der Waals surface area (Å²) in [6, 6.07) is 6.75. The first-order valence-corrected chi connectivity index (χ1v) is 7.51. The molecular weight excluding hydrogens is 274 g/mol. The van der Waals surface area contributed by atoms with Crippen LogP contribution in [0.1, 0.15) is 31.9 Å². The van der Waals surface area contributed by atoms with Gasteiger partial charge in [0.25, 0.3) is 0 Å². The Morgan fingerprint density at radius 3 is 2.30 bits per heavy atom. The number of hydrogen-bond acceptors (Lipinski definition) is 2. The maximum atomic E-state index is 11.9. The molecule has 0 radical (unpaired) electrons. The molecule has 0 bridgehead atoms. The largest absolute Gasteiger partial charge is 0.480 e. The van der Waals surface area contributed by atoms with Crippen molar-refractivity contribution in [3.05, 3.63) is 41.5 Å². The van der Waals surface area contributed by atoms with E-state index in [9.17, 15) is 9.00 Å². The van der Waals surface area contributed by atoms with E-state index in [4.69, 9.17) is 5.11 Å². The number of carbonyl (C=O) groups is 1. The number of rotatable bonds is 5. The third kappa shape index (κ3) is 5.27. The third-order valence-electron chi connectivity index (χ3n) is 2.61. The van der Waals surface area contributed by atoms with Crippen molar-refractivity contribution in [3.8, 4) is 0 Å². The molecule has 0 heterocycles. The van der Waals surface area contributed by atoms with E-state index in [1.807, 2.05) is 31.2 Å². The van der Waals surface area contributed by atoms with Crippen LogP contribution in [0.2, 0.25) is 0 Å². The van der Waals surface area contributed by atoms with Gasteiger partial charge >= 0.3 is 5.97 Å². The lowest BCUT2D eigenvalue weighted by Gasteiger charge is -2.20. The molecule has 0 aromatic heterocycles. The van der Waals surface area contributed by atoms with Crippen molar-refractivity contribution in [3.63, 3.8) is 0 Å². The number of hydrogen-bond donors (Lipinski definition) is 2. The van der Waals surface area contributed by atoms with Crippen LogP contribution in [0.15, 0.2) is 30.3 Å². The van der Waals surface area contributed by atoms with Crippen LogP contribution < -0.4 is 4.72 Å². The van der Waals surface area contributed by atoms with Gasteiger partial charge in [0.2, 0.25) is 0 Å². The molecular formula is C15H21NO3S. The molecule has 0 aliphatic heterocycles. The molecule has 2 N–H and O–H groups in total. The Morgan fingerprint density at radius 2 is 1.85 bits per heavy atom. The lowest BCUT2D eigenvalue weighted by atomic mass is 10.1.